The van der Waals surface area contributed by atoms with Gasteiger partial charge in [-0.15, -0.1) is 0 Å². The molecule has 0 atom stereocenters. The van der Waals surface area contributed by atoms with E-state index in [0.29, 0.717) is 17.2 Å². The van der Waals surface area contributed by atoms with Gasteiger partial charge >= 0.3 is 6.09 Å². The average molecular weight is 477 g/mol. The summed E-state index contributed by atoms with van der Waals surface area (Å²) in [5.74, 6) is -0.175. The van der Waals surface area contributed by atoms with Crippen molar-refractivity contribution in [3.8, 4) is 11.1 Å². The van der Waals surface area contributed by atoms with E-state index in [9.17, 15) is 14.7 Å². The minimum absolute atomic E-state index is 0.150. The van der Waals surface area contributed by atoms with Crippen LogP contribution in [0.5, 0.6) is 0 Å². The van der Waals surface area contributed by atoms with Gasteiger partial charge in [0.2, 0.25) is 5.91 Å². The second-order valence-corrected chi connectivity index (χ2v) is 8.99. The average Bonchev–Trinajstić information content (AvgIpc) is 2.80. The van der Waals surface area contributed by atoms with Crippen LogP contribution in [0.15, 0.2) is 42.6 Å². The number of nitrogens with one attached hydrogen (secondary N) is 1. The van der Waals surface area contributed by atoms with Crippen LogP contribution in [0, 0.1) is 19.8 Å². The molecule has 2 amide bonds. The first-order chi connectivity index (χ1) is 16.7. The van der Waals surface area contributed by atoms with Crippen molar-refractivity contribution in [2.24, 2.45) is 11.7 Å². The molecule has 3 aromatic rings. The van der Waals surface area contributed by atoms with Crippen LogP contribution in [0.25, 0.3) is 11.1 Å². The van der Waals surface area contributed by atoms with Gasteiger partial charge in [0.1, 0.15) is 0 Å². The van der Waals surface area contributed by atoms with Crippen LogP contribution in [-0.4, -0.2) is 27.1 Å². The molecule has 8 heteroatoms. The van der Waals surface area contributed by atoms with E-state index in [1.54, 1.807) is 12.1 Å². The van der Waals surface area contributed by atoms with Crippen molar-refractivity contribution in [2.75, 3.05) is 0 Å². The van der Waals surface area contributed by atoms with Gasteiger partial charge in [-0.25, -0.2) is 4.79 Å². The predicted octanol–water partition coefficient (Wildman–Crippen LogP) is 4.54. The van der Waals surface area contributed by atoms with Crippen LogP contribution in [0.3, 0.4) is 0 Å². The molecule has 0 saturated carbocycles. The van der Waals surface area contributed by atoms with Crippen LogP contribution < -0.4 is 11.1 Å². The smallest absolute Gasteiger partial charge is 0.404 e. The third kappa shape index (κ3) is 6.86. The molecule has 0 fully saturated rings. The lowest BCUT2D eigenvalue weighted by Crippen LogP contribution is -2.23. The van der Waals surface area contributed by atoms with E-state index >= 15 is 0 Å². The summed E-state index contributed by atoms with van der Waals surface area (Å²) in [6, 6.07) is 11.5. The van der Waals surface area contributed by atoms with E-state index in [4.69, 9.17) is 15.5 Å². The van der Waals surface area contributed by atoms with Crippen molar-refractivity contribution in [1.29, 1.82) is 0 Å². The molecule has 3 rings (SSSR count). The number of ether oxygens (including phenoxy) is 1. The predicted molar refractivity (Wildman–Crippen MR) is 134 cm³/mol. The monoisotopic (exact) mass is 476 g/mol. The lowest BCUT2D eigenvalue weighted by atomic mass is 9.90. The third-order valence-electron chi connectivity index (χ3n) is 5.66. The molecule has 0 aliphatic heterocycles. The summed E-state index contributed by atoms with van der Waals surface area (Å²) in [5, 5.41) is 11.8. The number of aromatic nitrogens is 2. The quantitative estimate of drug-likeness (QED) is 0.394. The molecule has 0 bridgehead atoms. The largest absolute Gasteiger partial charge is 0.465 e. The molecule has 184 valence electrons. The molecule has 0 spiro atoms. The molecule has 0 unspecified atom stereocenters. The van der Waals surface area contributed by atoms with Gasteiger partial charge in [-0.3, -0.25) is 14.8 Å². The SMILES string of the molecule is Cc1ccc(-c2c(COCc3ccc(C(N)=O)cn3)c(C)nc(CC(C)C)c2CNC(=O)O)cc1. The molecule has 0 aliphatic rings. The number of benzene rings is 1. The molecular weight excluding hydrogens is 444 g/mol. The van der Waals surface area contributed by atoms with Crippen LogP contribution in [-0.2, 0) is 30.9 Å². The molecule has 0 aliphatic carbocycles. The van der Waals surface area contributed by atoms with Gasteiger partial charge in [0.15, 0.2) is 0 Å². The normalized spacial score (nSPS) is 11.0. The zero-order valence-electron chi connectivity index (χ0n) is 20.6. The molecule has 2 aromatic heterocycles. The fourth-order valence-electron chi connectivity index (χ4n) is 3.91. The Labute approximate surface area is 205 Å². The van der Waals surface area contributed by atoms with Crippen LogP contribution in [0.4, 0.5) is 4.79 Å². The number of hydrogen-bond donors (Lipinski definition) is 3. The maximum absolute atomic E-state index is 11.4. The van der Waals surface area contributed by atoms with E-state index in [2.05, 4.69) is 24.1 Å². The maximum atomic E-state index is 11.4. The fourth-order valence-corrected chi connectivity index (χ4v) is 3.91. The molecule has 2 heterocycles. The van der Waals surface area contributed by atoms with Crippen molar-refractivity contribution in [3.63, 3.8) is 0 Å². The number of carbonyl (C=O) groups excluding carboxylic acids is 1. The number of carbonyl (C=O) groups is 2. The van der Waals surface area contributed by atoms with E-state index in [1.807, 2.05) is 38.1 Å². The molecular formula is C27H32N4O4. The Morgan fingerprint density at radius 3 is 2.34 bits per heavy atom. The van der Waals surface area contributed by atoms with Crippen LogP contribution in [0.1, 0.15) is 58.0 Å². The highest BCUT2D eigenvalue weighted by Gasteiger charge is 2.21. The van der Waals surface area contributed by atoms with E-state index in [1.165, 1.54) is 6.20 Å². The Morgan fingerprint density at radius 2 is 1.77 bits per heavy atom. The minimum Gasteiger partial charge on any atom is -0.465 e. The molecule has 0 saturated heterocycles. The van der Waals surface area contributed by atoms with Crippen molar-refractivity contribution < 1.29 is 19.4 Å². The first kappa shape index (κ1) is 25.8. The number of hydrogen-bond acceptors (Lipinski definition) is 5. The first-order valence-corrected chi connectivity index (χ1v) is 11.5. The van der Waals surface area contributed by atoms with Crippen molar-refractivity contribution in [2.45, 2.75) is 53.9 Å². The van der Waals surface area contributed by atoms with Crippen molar-refractivity contribution in [1.82, 2.24) is 15.3 Å². The zero-order valence-corrected chi connectivity index (χ0v) is 20.6. The lowest BCUT2D eigenvalue weighted by molar-refractivity contribution is 0.0996. The third-order valence-corrected chi connectivity index (χ3v) is 5.66. The number of primary amides is 1. The number of carboxylic acid groups (broad SMARTS) is 1. The topological polar surface area (TPSA) is 127 Å². The summed E-state index contributed by atoms with van der Waals surface area (Å²) in [4.78, 5) is 31.7. The molecule has 8 nitrogen and oxygen atoms in total. The zero-order chi connectivity index (χ0) is 25.5. The van der Waals surface area contributed by atoms with Crippen LogP contribution >= 0.6 is 0 Å². The minimum atomic E-state index is -1.08. The van der Waals surface area contributed by atoms with Gasteiger partial charge in [0, 0.05) is 35.3 Å². The molecule has 35 heavy (non-hydrogen) atoms. The Balaban J connectivity index is 2.00. The van der Waals surface area contributed by atoms with Gasteiger partial charge in [-0.2, -0.15) is 0 Å². The Bertz CT molecular complexity index is 1190. The highest BCUT2D eigenvalue weighted by Crippen LogP contribution is 2.33. The number of pyridine rings is 2. The summed E-state index contributed by atoms with van der Waals surface area (Å²) in [7, 11) is 0. The second-order valence-electron chi connectivity index (χ2n) is 8.99. The Kier molecular flexibility index (Phi) is 8.54. The van der Waals surface area contributed by atoms with Crippen molar-refractivity contribution in [3.05, 3.63) is 81.9 Å². The standard InChI is InChI=1S/C27H32N4O4/c1-16(2)11-24-22(13-30-27(33)34)25(19-7-5-17(3)6-8-19)23(18(4)31-24)15-35-14-21-10-9-20(12-29-21)26(28)32/h5-10,12,16,30H,11,13-15H2,1-4H3,(H2,28,32)(H,33,34). The molecule has 1 aromatic carbocycles. The summed E-state index contributed by atoms with van der Waals surface area (Å²) in [5.41, 5.74) is 12.8. The highest BCUT2D eigenvalue weighted by atomic mass is 16.5. The van der Waals surface area contributed by atoms with E-state index in [0.717, 1.165) is 45.6 Å². The van der Waals surface area contributed by atoms with Crippen LogP contribution in [0.2, 0.25) is 0 Å². The van der Waals surface area contributed by atoms with E-state index in [-0.39, 0.29) is 19.8 Å². The molecule has 0 radical (unpaired) electrons. The summed E-state index contributed by atoms with van der Waals surface area (Å²) in [6.07, 6.45) is 1.08. The Morgan fingerprint density at radius 1 is 1.06 bits per heavy atom. The van der Waals surface area contributed by atoms with Gasteiger partial charge < -0.3 is 20.9 Å². The summed E-state index contributed by atoms with van der Waals surface area (Å²) in [6.45, 7) is 8.87. The molecule has 4 N–H and O–H groups in total. The number of nitrogens with zero attached hydrogens (tertiary/aromatic N) is 2. The van der Waals surface area contributed by atoms with Gasteiger partial charge in [0.25, 0.3) is 0 Å². The number of amides is 2. The Hall–Kier alpha value is -3.78. The van der Waals surface area contributed by atoms with Crippen molar-refractivity contribution >= 4 is 12.0 Å². The second kappa shape index (κ2) is 11.6. The maximum Gasteiger partial charge on any atom is 0.404 e. The first-order valence-electron chi connectivity index (χ1n) is 11.5. The fraction of sp³-hybridized carbons (Fsp3) is 0.333. The van der Waals surface area contributed by atoms with E-state index < -0.39 is 12.0 Å². The lowest BCUT2D eigenvalue weighted by Gasteiger charge is -2.22. The van der Waals surface area contributed by atoms with Gasteiger partial charge in [-0.05, 0) is 49.4 Å². The summed E-state index contributed by atoms with van der Waals surface area (Å²) < 4.78 is 6.02. The summed E-state index contributed by atoms with van der Waals surface area (Å²) >= 11 is 0. The van der Waals surface area contributed by atoms with Gasteiger partial charge in [0.05, 0.1) is 24.5 Å². The number of nitrogens with two attached hydrogens (primary N) is 1. The highest BCUT2D eigenvalue weighted by molar-refractivity contribution is 5.92. The number of aryl methyl sites for hydroxylation is 2. The number of rotatable bonds is 10. The van der Waals surface area contributed by atoms with Gasteiger partial charge in [-0.1, -0.05) is 43.7 Å².